The lowest BCUT2D eigenvalue weighted by Gasteiger charge is -2.39. The molecule has 23 rings (SSSR count). The minimum atomic E-state index is -0.360. The summed E-state index contributed by atoms with van der Waals surface area (Å²) in [6, 6.07) is 119. The van der Waals surface area contributed by atoms with Crippen molar-refractivity contribution in [2.24, 2.45) is 0 Å². The standard InChI is InChI=1S/C102H74N4/c1-99(2)79-30-14-17-36-91(79)103-87-45-40-63(53-74(87)71-27-20-33-83(99)95(71)103)64-41-46-90-77(54-64)78-57-70(58-86-98(78)104(90)92-37-18-15-31-80(92)101(86,5)6)66-43-48-89-75(56-66)72-28-21-34-84-96(72)106(89)94-49-60(39-44-81(94)100(84,3)4)59-102(7)82-32-16-19-38-93(82)105-88-47-42-65(55-76(88)73-29-22-35-85(102)97(73)105)69-51-67(61-23-10-8-11-24-61)50-68(52-69)62-25-12-9-13-26-62/h8-58H,59H2,1-7H3. The second kappa shape index (κ2) is 20.9. The molecule has 15 aromatic carbocycles. The van der Waals surface area contributed by atoms with Crippen molar-refractivity contribution < 1.29 is 0 Å². The average molecular weight is 1360 g/mol. The van der Waals surface area contributed by atoms with E-state index in [1.165, 1.54) is 216 Å². The van der Waals surface area contributed by atoms with Gasteiger partial charge in [0.25, 0.3) is 0 Å². The Balaban J connectivity index is 0.655. The van der Waals surface area contributed by atoms with Gasteiger partial charge in [-0.1, -0.05) is 255 Å². The molecule has 0 aliphatic carbocycles. The molecule has 19 aromatic rings. The van der Waals surface area contributed by atoms with E-state index in [-0.39, 0.29) is 21.7 Å². The first-order chi connectivity index (χ1) is 51.7. The smallest absolute Gasteiger partial charge is 0.0582 e. The van der Waals surface area contributed by atoms with Gasteiger partial charge in [0.15, 0.2) is 0 Å². The second-order valence-electron chi connectivity index (χ2n) is 32.6. The third kappa shape index (κ3) is 7.87. The van der Waals surface area contributed by atoms with Crippen LogP contribution in [0.4, 0.5) is 0 Å². The van der Waals surface area contributed by atoms with Crippen LogP contribution in [0.5, 0.6) is 0 Å². The molecule has 1 atom stereocenters. The SMILES string of the molecule is CC1(C)c2ccccc2-n2c3ccc(-c4ccc5c(c4)c4cc(-c6ccc7c(c6)c6cccc8c6n7-c6cc(CC7(C)c9ccccc9-n9c%10ccc(-c%11cc(-c%12ccccc%12)cc(-c%12ccccc%12)c%11)cc%10c%10cccc7c%109)ccc6C8(C)C)cc6c4n5-c4ccccc4C6(C)C)cc3c3cccc1c32. The highest BCUT2D eigenvalue weighted by Crippen LogP contribution is 2.56. The molecule has 106 heavy (non-hydrogen) atoms. The van der Waals surface area contributed by atoms with E-state index in [9.17, 15) is 0 Å². The van der Waals surface area contributed by atoms with E-state index >= 15 is 0 Å². The van der Waals surface area contributed by atoms with Crippen molar-refractivity contribution in [1.29, 1.82) is 0 Å². The van der Waals surface area contributed by atoms with Crippen molar-refractivity contribution in [3.8, 4) is 78.4 Å². The number of para-hydroxylation sites is 6. The van der Waals surface area contributed by atoms with Gasteiger partial charge >= 0.3 is 0 Å². The lowest BCUT2D eigenvalue weighted by atomic mass is 9.69. The third-order valence-corrected chi connectivity index (χ3v) is 25.9. The molecule has 0 N–H and O–H groups in total. The fourth-order valence-electron chi connectivity index (χ4n) is 20.7. The number of hydrogen-bond donors (Lipinski definition) is 0. The van der Waals surface area contributed by atoms with Crippen molar-refractivity contribution in [3.63, 3.8) is 0 Å². The van der Waals surface area contributed by atoms with E-state index in [2.05, 4.69) is 376 Å². The molecular weight excluding hydrogens is 1280 g/mol. The van der Waals surface area contributed by atoms with E-state index in [1.54, 1.807) is 0 Å². The van der Waals surface area contributed by atoms with Crippen molar-refractivity contribution in [3.05, 3.63) is 359 Å². The van der Waals surface area contributed by atoms with Crippen LogP contribution in [0.3, 0.4) is 0 Å². The quantitative estimate of drug-likeness (QED) is 0.152. The van der Waals surface area contributed by atoms with Gasteiger partial charge in [-0.05, 0) is 215 Å². The number of hydrogen-bond acceptors (Lipinski definition) is 0. The molecule has 4 heteroatoms. The number of aromatic nitrogens is 4. The summed E-state index contributed by atoms with van der Waals surface area (Å²) in [4.78, 5) is 0. The Morgan fingerprint density at radius 2 is 0.528 bits per heavy atom. The van der Waals surface area contributed by atoms with E-state index in [1.807, 2.05) is 0 Å². The second-order valence-corrected chi connectivity index (χ2v) is 32.6. The van der Waals surface area contributed by atoms with Crippen LogP contribution in [-0.4, -0.2) is 18.3 Å². The summed E-state index contributed by atoms with van der Waals surface area (Å²) in [5, 5.41) is 10.3. The predicted molar refractivity (Wildman–Crippen MR) is 444 cm³/mol. The highest BCUT2D eigenvalue weighted by molar-refractivity contribution is 6.18. The Bertz CT molecular complexity index is 7080. The number of nitrogens with zero attached hydrogens (tertiary/aromatic N) is 4. The first-order valence-electron chi connectivity index (χ1n) is 37.8. The first-order valence-corrected chi connectivity index (χ1v) is 37.8. The van der Waals surface area contributed by atoms with Gasteiger partial charge in [-0.15, -0.1) is 0 Å². The van der Waals surface area contributed by atoms with E-state index in [0.717, 1.165) is 6.42 Å². The summed E-state index contributed by atoms with van der Waals surface area (Å²) in [5.74, 6) is 0. The molecule has 0 spiro atoms. The first kappa shape index (κ1) is 60.0. The Morgan fingerprint density at radius 3 is 1.01 bits per heavy atom. The number of benzene rings is 15. The Hall–Kier alpha value is -12.5. The molecule has 0 amide bonds. The molecule has 4 aliphatic heterocycles. The van der Waals surface area contributed by atoms with E-state index in [0.29, 0.717) is 0 Å². The molecule has 4 aliphatic rings. The molecular formula is C102H74N4. The van der Waals surface area contributed by atoms with Gasteiger partial charge in [0.2, 0.25) is 0 Å². The van der Waals surface area contributed by atoms with Crippen LogP contribution in [0.25, 0.3) is 166 Å². The average Bonchev–Trinajstić information content (AvgIpc) is 1.53. The van der Waals surface area contributed by atoms with Crippen molar-refractivity contribution >= 4 is 87.2 Å². The van der Waals surface area contributed by atoms with Crippen LogP contribution in [-0.2, 0) is 28.1 Å². The van der Waals surface area contributed by atoms with Gasteiger partial charge < -0.3 is 18.3 Å². The highest BCUT2D eigenvalue weighted by atomic mass is 15.0. The highest BCUT2D eigenvalue weighted by Gasteiger charge is 2.42. The molecule has 0 saturated carbocycles. The van der Waals surface area contributed by atoms with Gasteiger partial charge in [-0.25, -0.2) is 0 Å². The fraction of sp³-hybridized carbons (Fsp3) is 0.118. The van der Waals surface area contributed by atoms with Gasteiger partial charge in [0, 0.05) is 64.7 Å². The maximum absolute atomic E-state index is 2.63. The number of fused-ring (bicyclic) bond motifs is 20. The zero-order chi connectivity index (χ0) is 70.6. The molecule has 0 saturated heterocycles. The summed E-state index contributed by atoms with van der Waals surface area (Å²) >= 11 is 0. The molecule has 4 aromatic heterocycles. The maximum atomic E-state index is 2.63. The molecule has 8 heterocycles. The summed E-state index contributed by atoms with van der Waals surface area (Å²) in [5.41, 5.74) is 38.5. The minimum absolute atomic E-state index is 0.123. The maximum Gasteiger partial charge on any atom is 0.0582 e. The fourth-order valence-corrected chi connectivity index (χ4v) is 20.7. The largest absolute Gasteiger partial charge is 0.309 e. The van der Waals surface area contributed by atoms with E-state index < -0.39 is 0 Å². The van der Waals surface area contributed by atoms with Gasteiger partial charge in [0.05, 0.1) is 66.9 Å². The Labute approximate surface area is 615 Å². The molecule has 1 unspecified atom stereocenters. The monoisotopic (exact) mass is 1350 g/mol. The van der Waals surface area contributed by atoms with Crippen LogP contribution >= 0.6 is 0 Å². The topological polar surface area (TPSA) is 19.7 Å². The Kier molecular flexibility index (Phi) is 11.8. The van der Waals surface area contributed by atoms with Crippen LogP contribution < -0.4 is 0 Å². The van der Waals surface area contributed by atoms with Crippen molar-refractivity contribution in [2.75, 3.05) is 0 Å². The minimum Gasteiger partial charge on any atom is -0.309 e. The zero-order valence-corrected chi connectivity index (χ0v) is 60.4. The van der Waals surface area contributed by atoms with Crippen LogP contribution in [0.1, 0.15) is 98.5 Å². The summed E-state index contributed by atoms with van der Waals surface area (Å²) in [6.45, 7) is 17.0. The van der Waals surface area contributed by atoms with Crippen LogP contribution in [0.2, 0.25) is 0 Å². The van der Waals surface area contributed by atoms with E-state index in [4.69, 9.17) is 0 Å². The van der Waals surface area contributed by atoms with Gasteiger partial charge in [-0.3, -0.25) is 0 Å². The van der Waals surface area contributed by atoms with Crippen LogP contribution in [0.15, 0.2) is 309 Å². The molecule has 0 bridgehead atoms. The summed E-state index contributed by atoms with van der Waals surface area (Å²) in [7, 11) is 0. The lowest BCUT2D eigenvalue weighted by molar-refractivity contribution is 0.559. The summed E-state index contributed by atoms with van der Waals surface area (Å²) < 4.78 is 10.3. The molecule has 502 valence electrons. The van der Waals surface area contributed by atoms with Crippen molar-refractivity contribution in [2.45, 2.75) is 76.5 Å². The molecule has 0 fully saturated rings. The molecule has 0 radical (unpaired) electrons. The van der Waals surface area contributed by atoms with Crippen molar-refractivity contribution in [1.82, 2.24) is 18.3 Å². The normalized spacial score (nSPS) is 16.0. The Morgan fingerprint density at radius 1 is 0.198 bits per heavy atom. The predicted octanol–water partition coefficient (Wildman–Crippen LogP) is 26.2. The lowest BCUT2D eigenvalue weighted by Crippen LogP contribution is -2.32. The zero-order valence-electron chi connectivity index (χ0n) is 60.4. The number of rotatable bonds is 7. The molecule has 4 nitrogen and oxygen atoms in total. The summed E-state index contributed by atoms with van der Waals surface area (Å²) in [6.07, 6.45) is 0.825. The van der Waals surface area contributed by atoms with Crippen LogP contribution in [0, 0.1) is 0 Å². The van der Waals surface area contributed by atoms with Gasteiger partial charge in [0.1, 0.15) is 0 Å². The third-order valence-electron chi connectivity index (χ3n) is 25.9. The van der Waals surface area contributed by atoms with Gasteiger partial charge in [-0.2, -0.15) is 0 Å².